The molecule has 1 saturated heterocycles. The van der Waals surface area contributed by atoms with Gasteiger partial charge < -0.3 is 14.8 Å². The number of amides is 3. The van der Waals surface area contributed by atoms with Crippen LogP contribution in [0, 0.1) is 10.1 Å². The molecule has 1 fully saturated rings. The number of rotatable bonds is 8. The number of imide groups is 1. The number of nitrogens with one attached hydrogen (secondary N) is 1. The van der Waals surface area contributed by atoms with Gasteiger partial charge in [0.15, 0.2) is 11.5 Å². The number of halogens is 2. The van der Waals surface area contributed by atoms with Crippen molar-refractivity contribution >= 4 is 73.8 Å². The van der Waals surface area contributed by atoms with Crippen LogP contribution in [0.25, 0.3) is 6.08 Å². The second-order valence-corrected chi connectivity index (χ2v) is 9.82. The van der Waals surface area contributed by atoms with Gasteiger partial charge in [-0.25, -0.2) is 4.98 Å². The minimum atomic E-state index is -0.613. The molecule has 0 spiro atoms. The number of hydrogen-bond acceptors (Lipinski definition) is 9. The molecule has 0 atom stereocenters. The summed E-state index contributed by atoms with van der Waals surface area (Å²) in [6, 6.07) is 12.2. The molecule has 0 unspecified atom stereocenters. The highest BCUT2D eigenvalue weighted by Gasteiger charge is 2.36. The Kier molecular flexibility index (Phi) is 8.29. The van der Waals surface area contributed by atoms with E-state index < -0.39 is 28.5 Å². The summed E-state index contributed by atoms with van der Waals surface area (Å²) in [5.74, 6) is -0.478. The fraction of sp³-hybridized carbons (Fsp3) is 0.0833. The van der Waals surface area contributed by atoms with Crippen molar-refractivity contribution < 1.29 is 28.8 Å². The van der Waals surface area contributed by atoms with Crippen molar-refractivity contribution in [3.63, 3.8) is 0 Å². The number of pyridine rings is 1. The van der Waals surface area contributed by atoms with Crippen LogP contribution in [0.15, 0.2) is 64.1 Å². The Hall–Kier alpha value is -3.94. The molecule has 0 bridgehead atoms. The quantitative estimate of drug-likeness (QED) is 0.186. The summed E-state index contributed by atoms with van der Waals surface area (Å²) in [5, 5.41) is 13.2. The van der Waals surface area contributed by atoms with E-state index in [9.17, 15) is 24.5 Å². The number of thioether (sulfide) groups is 1. The number of nitro groups is 1. The number of nitrogens with zero attached hydrogens (tertiary/aromatic N) is 3. The first-order chi connectivity index (χ1) is 18.1. The summed E-state index contributed by atoms with van der Waals surface area (Å²) in [5.41, 5.74) is 0.776. The molecule has 1 aromatic heterocycles. The minimum absolute atomic E-state index is 0.117. The Balaban J connectivity index is 1.45. The largest absolute Gasteiger partial charge is 0.493 e. The monoisotopic (exact) mass is 618 g/mol. The van der Waals surface area contributed by atoms with Crippen LogP contribution < -0.4 is 14.8 Å². The summed E-state index contributed by atoms with van der Waals surface area (Å²) in [7, 11) is 1.42. The van der Waals surface area contributed by atoms with Gasteiger partial charge in [-0.15, -0.1) is 0 Å². The summed E-state index contributed by atoms with van der Waals surface area (Å²) in [6.07, 6.45) is 2.56. The summed E-state index contributed by atoms with van der Waals surface area (Å²) < 4.78 is 11.7. The minimum Gasteiger partial charge on any atom is -0.493 e. The number of anilines is 1. The van der Waals surface area contributed by atoms with Crippen molar-refractivity contribution in [3.05, 3.63) is 84.8 Å². The van der Waals surface area contributed by atoms with Crippen LogP contribution in [0.1, 0.15) is 5.56 Å². The van der Waals surface area contributed by atoms with E-state index in [4.69, 9.17) is 21.1 Å². The lowest BCUT2D eigenvalue weighted by atomic mass is 10.2. The van der Waals surface area contributed by atoms with Crippen LogP contribution in [0.4, 0.5) is 16.2 Å². The van der Waals surface area contributed by atoms with Crippen molar-refractivity contribution in [2.75, 3.05) is 19.0 Å². The standard InChI is InChI=1S/C24H16BrClN4O7S/c1-36-19-8-13(2-6-18(19)37-22-7-4-15(11-27-22)30(34)35)9-20-23(32)29(24(33)38-20)12-21(31)28-14-3-5-16(25)17(26)10-14/h2-11H,12H2,1H3,(H,28,31)/b20-9+. The van der Waals surface area contributed by atoms with Crippen LogP contribution >= 0.6 is 39.3 Å². The Labute approximate surface area is 233 Å². The van der Waals surface area contributed by atoms with Crippen molar-refractivity contribution in [2.24, 2.45) is 0 Å². The topological polar surface area (TPSA) is 141 Å². The second-order valence-electron chi connectivity index (χ2n) is 7.57. The third-order valence-corrected chi connectivity index (χ3v) is 7.15. The number of carbonyl (C=O) groups excluding carboxylic acids is 3. The highest BCUT2D eigenvalue weighted by molar-refractivity contribution is 9.10. The van der Waals surface area contributed by atoms with E-state index in [1.807, 2.05) is 0 Å². The molecule has 38 heavy (non-hydrogen) atoms. The molecule has 2 aromatic carbocycles. The average molecular weight is 620 g/mol. The van der Waals surface area contributed by atoms with Gasteiger partial charge in [-0.05, 0) is 69.7 Å². The number of hydrogen-bond donors (Lipinski definition) is 1. The zero-order chi connectivity index (χ0) is 27.4. The van der Waals surface area contributed by atoms with Gasteiger partial charge in [-0.3, -0.25) is 29.4 Å². The van der Waals surface area contributed by atoms with Crippen molar-refractivity contribution in [3.8, 4) is 17.4 Å². The van der Waals surface area contributed by atoms with E-state index in [1.165, 1.54) is 31.4 Å². The van der Waals surface area contributed by atoms with Crippen LogP contribution in [0.5, 0.6) is 17.4 Å². The number of ether oxygens (including phenoxy) is 2. The SMILES string of the molecule is COc1cc(/C=C2/SC(=O)N(CC(=O)Nc3ccc(Br)c(Cl)c3)C2=O)ccc1Oc1ccc([N+](=O)[O-])cn1. The third kappa shape index (κ3) is 6.30. The van der Waals surface area contributed by atoms with Crippen molar-refractivity contribution in [1.82, 2.24) is 9.88 Å². The molecule has 11 nitrogen and oxygen atoms in total. The van der Waals surface area contributed by atoms with E-state index in [2.05, 4.69) is 26.2 Å². The van der Waals surface area contributed by atoms with Gasteiger partial charge in [-0.2, -0.15) is 0 Å². The molecular formula is C24H16BrClN4O7S. The predicted molar refractivity (Wildman–Crippen MR) is 144 cm³/mol. The number of benzene rings is 2. The average Bonchev–Trinajstić information content (AvgIpc) is 3.14. The molecule has 1 aliphatic heterocycles. The summed E-state index contributed by atoms with van der Waals surface area (Å²) in [6.45, 7) is -0.464. The molecule has 0 radical (unpaired) electrons. The van der Waals surface area contributed by atoms with Crippen LogP contribution in [0.2, 0.25) is 5.02 Å². The molecule has 1 N–H and O–H groups in total. The smallest absolute Gasteiger partial charge is 0.294 e. The van der Waals surface area contributed by atoms with Gasteiger partial charge in [0.05, 0.1) is 22.0 Å². The normalized spacial score (nSPS) is 14.1. The van der Waals surface area contributed by atoms with E-state index >= 15 is 0 Å². The highest BCUT2D eigenvalue weighted by Crippen LogP contribution is 2.36. The molecule has 0 saturated carbocycles. The highest BCUT2D eigenvalue weighted by atomic mass is 79.9. The van der Waals surface area contributed by atoms with Crippen molar-refractivity contribution in [1.29, 1.82) is 0 Å². The fourth-order valence-electron chi connectivity index (χ4n) is 3.22. The summed E-state index contributed by atoms with van der Waals surface area (Å²) >= 11 is 10.00. The van der Waals surface area contributed by atoms with Gasteiger partial charge in [-0.1, -0.05) is 17.7 Å². The van der Waals surface area contributed by atoms with Crippen LogP contribution in [-0.4, -0.2) is 45.5 Å². The molecule has 3 amide bonds. The molecule has 2 heterocycles. The molecule has 14 heteroatoms. The van der Waals surface area contributed by atoms with Gasteiger partial charge in [0.1, 0.15) is 12.7 Å². The molecule has 1 aliphatic rings. The number of aromatic nitrogens is 1. The van der Waals surface area contributed by atoms with Crippen molar-refractivity contribution in [2.45, 2.75) is 0 Å². The molecule has 194 valence electrons. The van der Waals surface area contributed by atoms with Gasteiger partial charge in [0, 0.05) is 22.3 Å². The van der Waals surface area contributed by atoms with E-state index in [0.717, 1.165) is 11.1 Å². The van der Waals surface area contributed by atoms with Crippen LogP contribution in [-0.2, 0) is 9.59 Å². The molecule has 4 rings (SSSR count). The Morgan fingerprint density at radius 2 is 2.00 bits per heavy atom. The lowest BCUT2D eigenvalue weighted by Crippen LogP contribution is -2.36. The Morgan fingerprint density at radius 3 is 2.66 bits per heavy atom. The maximum atomic E-state index is 12.8. The van der Waals surface area contributed by atoms with E-state index in [0.29, 0.717) is 38.3 Å². The first-order valence-electron chi connectivity index (χ1n) is 10.6. The third-order valence-electron chi connectivity index (χ3n) is 5.01. The molecule has 0 aliphatic carbocycles. The second kappa shape index (κ2) is 11.6. The van der Waals surface area contributed by atoms with Crippen LogP contribution in [0.3, 0.4) is 0 Å². The van der Waals surface area contributed by atoms with E-state index in [1.54, 1.807) is 30.3 Å². The van der Waals surface area contributed by atoms with Gasteiger partial charge in [0.25, 0.3) is 16.8 Å². The fourth-order valence-corrected chi connectivity index (χ4v) is 4.48. The van der Waals surface area contributed by atoms with E-state index in [-0.39, 0.29) is 22.2 Å². The lowest BCUT2D eigenvalue weighted by Gasteiger charge is -2.13. The summed E-state index contributed by atoms with van der Waals surface area (Å²) in [4.78, 5) is 52.8. The zero-order valence-electron chi connectivity index (χ0n) is 19.3. The first kappa shape index (κ1) is 27.1. The Morgan fingerprint density at radius 1 is 1.21 bits per heavy atom. The van der Waals surface area contributed by atoms with Gasteiger partial charge in [0.2, 0.25) is 11.8 Å². The maximum absolute atomic E-state index is 12.8. The first-order valence-corrected chi connectivity index (χ1v) is 12.6. The Bertz CT molecular complexity index is 1480. The number of carbonyl (C=O) groups is 3. The maximum Gasteiger partial charge on any atom is 0.294 e. The number of methoxy groups -OCH3 is 1. The molecule has 3 aromatic rings. The zero-order valence-corrected chi connectivity index (χ0v) is 22.5. The predicted octanol–water partition coefficient (Wildman–Crippen LogP) is 5.88. The lowest BCUT2D eigenvalue weighted by molar-refractivity contribution is -0.385. The van der Waals surface area contributed by atoms with Gasteiger partial charge >= 0.3 is 0 Å². The molecular weight excluding hydrogens is 604 g/mol.